The standard InChI is InChI=1S/C34H46FN5O8S/c1-21-18-40(22(2)20-41)33(42)29-17-27(38-49(44,45)28-13-10-26(35)11-14-28)12-15-30(29)47-23(3)9-7-8-16-46-31(21)19-39(6)34(43)36-32-24(4)37-48-25(32)5/h10-15,17,21-23,31,38,41H,7-9,16,18-20H2,1-6H3,(H,36,43)/t21-,22-,23-,31+/m0/s1. The normalized spacial score (nSPS) is 20.0. The Bertz CT molecular complexity index is 1680. The number of ether oxygens (including phenoxy) is 2. The van der Waals surface area contributed by atoms with Crippen molar-refractivity contribution in [3.63, 3.8) is 0 Å². The summed E-state index contributed by atoms with van der Waals surface area (Å²) in [6.07, 6.45) is 1.41. The summed E-state index contributed by atoms with van der Waals surface area (Å²) in [6.45, 7) is 9.38. The molecule has 0 bridgehead atoms. The minimum atomic E-state index is -4.11. The number of rotatable bonds is 8. The second kappa shape index (κ2) is 16.5. The fourth-order valence-corrected chi connectivity index (χ4v) is 6.54. The zero-order valence-corrected chi connectivity index (χ0v) is 29.5. The summed E-state index contributed by atoms with van der Waals surface area (Å²) in [4.78, 5) is 30.4. The smallest absolute Gasteiger partial charge is 0.321 e. The monoisotopic (exact) mass is 703 g/mol. The lowest BCUT2D eigenvalue weighted by Crippen LogP contribution is -2.48. The van der Waals surface area contributed by atoms with Crippen LogP contribution in [0.5, 0.6) is 5.75 Å². The lowest BCUT2D eigenvalue weighted by atomic mass is 10.0. The number of hydrogen-bond acceptors (Lipinski definition) is 9. The molecule has 4 atom stereocenters. The van der Waals surface area contributed by atoms with E-state index in [1.165, 1.54) is 21.9 Å². The highest BCUT2D eigenvalue weighted by Crippen LogP contribution is 2.30. The molecule has 1 aromatic heterocycles. The van der Waals surface area contributed by atoms with Crippen molar-refractivity contribution >= 4 is 33.3 Å². The number of nitrogens with zero attached hydrogens (tertiary/aromatic N) is 3. The molecule has 0 saturated carbocycles. The third-order valence-electron chi connectivity index (χ3n) is 8.49. The number of halogens is 1. The number of amides is 3. The van der Waals surface area contributed by atoms with Gasteiger partial charge in [0.2, 0.25) is 0 Å². The summed E-state index contributed by atoms with van der Waals surface area (Å²) in [5, 5.41) is 16.9. The van der Waals surface area contributed by atoms with E-state index in [0.717, 1.165) is 37.1 Å². The van der Waals surface area contributed by atoms with Gasteiger partial charge in [-0.3, -0.25) is 9.52 Å². The van der Waals surface area contributed by atoms with Gasteiger partial charge in [-0.05, 0) is 89.4 Å². The number of carbonyl (C=O) groups is 2. The Morgan fingerprint density at radius 1 is 1.16 bits per heavy atom. The zero-order valence-electron chi connectivity index (χ0n) is 28.7. The molecular formula is C34H46FN5O8S. The Labute approximate surface area is 286 Å². The van der Waals surface area contributed by atoms with Crippen LogP contribution in [0.3, 0.4) is 0 Å². The summed E-state index contributed by atoms with van der Waals surface area (Å²) in [7, 11) is -2.46. The van der Waals surface area contributed by atoms with E-state index < -0.39 is 33.9 Å². The lowest BCUT2D eigenvalue weighted by molar-refractivity contribution is -0.0115. The van der Waals surface area contributed by atoms with Crippen LogP contribution in [0.15, 0.2) is 51.9 Å². The van der Waals surface area contributed by atoms with Crippen LogP contribution in [0.1, 0.15) is 61.8 Å². The van der Waals surface area contributed by atoms with Crippen LogP contribution in [-0.4, -0.2) is 92.0 Å². The average Bonchev–Trinajstić information content (AvgIpc) is 3.38. The number of nitrogens with one attached hydrogen (secondary N) is 2. The Kier molecular flexibility index (Phi) is 12.6. The summed E-state index contributed by atoms with van der Waals surface area (Å²) >= 11 is 0. The Balaban J connectivity index is 1.63. The van der Waals surface area contributed by atoms with Crippen LogP contribution in [0, 0.1) is 25.6 Å². The van der Waals surface area contributed by atoms with Gasteiger partial charge < -0.3 is 34.2 Å². The first-order valence-corrected chi connectivity index (χ1v) is 17.8. The third kappa shape index (κ3) is 9.70. The molecule has 0 fully saturated rings. The molecule has 3 amide bonds. The molecule has 0 saturated heterocycles. The van der Waals surface area contributed by atoms with Gasteiger partial charge in [-0.25, -0.2) is 17.6 Å². The van der Waals surface area contributed by atoms with E-state index in [-0.39, 0.29) is 59.6 Å². The summed E-state index contributed by atoms with van der Waals surface area (Å²) < 4.78 is 59.8. The molecule has 2 aromatic carbocycles. The van der Waals surface area contributed by atoms with E-state index in [1.54, 1.807) is 33.9 Å². The van der Waals surface area contributed by atoms with Gasteiger partial charge in [0.1, 0.15) is 22.9 Å². The molecule has 1 aliphatic rings. The van der Waals surface area contributed by atoms with Crippen LogP contribution in [-0.2, 0) is 14.8 Å². The number of hydrogen-bond donors (Lipinski definition) is 3. The largest absolute Gasteiger partial charge is 0.490 e. The molecule has 0 aliphatic carbocycles. The van der Waals surface area contributed by atoms with Crippen LogP contribution in [0.4, 0.5) is 20.6 Å². The van der Waals surface area contributed by atoms with Gasteiger partial charge in [0.05, 0.1) is 35.3 Å². The summed E-state index contributed by atoms with van der Waals surface area (Å²) in [5.74, 6) is -0.615. The van der Waals surface area contributed by atoms with Gasteiger partial charge in [-0.15, -0.1) is 0 Å². The van der Waals surface area contributed by atoms with E-state index >= 15 is 0 Å². The first-order valence-electron chi connectivity index (χ1n) is 16.3. The number of aryl methyl sites for hydroxylation is 2. The van der Waals surface area contributed by atoms with E-state index in [0.29, 0.717) is 30.2 Å². The van der Waals surface area contributed by atoms with Gasteiger partial charge in [-0.2, -0.15) is 0 Å². The van der Waals surface area contributed by atoms with Gasteiger partial charge in [0.15, 0.2) is 5.76 Å². The number of urea groups is 1. The zero-order chi connectivity index (χ0) is 35.9. The van der Waals surface area contributed by atoms with Gasteiger partial charge >= 0.3 is 6.03 Å². The van der Waals surface area contributed by atoms with Crippen molar-refractivity contribution in [3.8, 4) is 5.75 Å². The van der Waals surface area contributed by atoms with Crippen molar-refractivity contribution in [2.45, 2.75) is 77.0 Å². The Hall–Kier alpha value is -4.21. The molecule has 49 heavy (non-hydrogen) atoms. The number of aliphatic hydroxyl groups is 1. The second-order valence-electron chi connectivity index (χ2n) is 12.6. The highest BCUT2D eigenvalue weighted by atomic mass is 32.2. The van der Waals surface area contributed by atoms with Crippen molar-refractivity contribution < 1.29 is 41.5 Å². The van der Waals surface area contributed by atoms with E-state index in [1.807, 2.05) is 13.8 Å². The second-order valence-corrected chi connectivity index (χ2v) is 14.3. The fraction of sp³-hybridized carbons (Fsp3) is 0.500. The summed E-state index contributed by atoms with van der Waals surface area (Å²) in [6, 6.07) is 7.83. The quantitative estimate of drug-likeness (QED) is 0.287. The maximum Gasteiger partial charge on any atom is 0.321 e. The number of likely N-dealkylation sites (N-methyl/N-ethyl adjacent to an activating group) is 1. The van der Waals surface area contributed by atoms with Crippen molar-refractivity contribution in [3.05, 3.63) is 65.3 Å². The van der Waals surface area contributed by atoms with Crippen LogP contribution in [0.25, 0.3) is 0 Å². The molecule has 1 aliphatic heterocycles. The number of fused-ring (bicyclic) bond motifs is 1. The number of aliphatic hydroxyl groups excluding tert-OH is 1. The van der Waals surface area contributed by atoms with Gasteiger partial charge in [0, 0.05) is 38.3 Å². The molecule has 2 heterocycles. The van der Waals surface area contributed by atoms with Crippen molar-refractivity contribution in [1.82, 2.24) is 15.0 Å². The average molecular weight is 704 g/mol. The fourth-order valence-electron chi connectivity index (χ4n) is 5.49. The van der Waals surface area contributed by atoms with Crippen LogP contribution < -0.4 is 14.8 Å². The van der Waals surface area contributed by atoms with E-state index in [4.69, 9.17) is 14.0 Å². The molecule has 13 nitrogen and oxygen atoms in total. The predicted octanol–water partition coefficient (Wildman–Crippen LogP) is 5.19. The molecule has 268 valence electrons. The third-order valence-corrected chi connectivity index (χ3v) is 9.89. The highest BCUT2D eigenvalue weighted by Gasteiger charge is 2.31. The number of anilines is 2. The number of carbonyl (C=O) groups excluding carboxylic acids is 2. The first-order chi connectivity index (χ1) is 23.2. The summed E-state index contributed by atoms with van der Waals surface area (Å²) in [5.41, 5.74) is 1.26. The molecule has 0 unspecified atom stereocenters. The number of sulfonamides is 1. The van der Waals surface area contributed by atoms with Gasteiger partial charge in [-0.1, -0.05) is 12.1 Å². The highest BCUT2D eigenvalue weighted by molar-refractivity contribution is 7.92. The SMILES string of the molecule is Cc1noc(C)c1NC(=O)N(C)C[C@H]1OCCCC[C@H](C)Oc2ccc(NS(=O)(=O)c3ccc(F)cc3)cc2C(=O)N([C@@H](C)CO)C[C@@H]1C. The molecular weight excluding hydrogens is 657 g/mol. The van der Waals surface area contributed by atoms with Crippen molar-refractivity contribution in [2.75, 3.05) is 43.4 Å². The number of benzene rings is 2. The molecule has 0 radical (unpaired) electrons. The molecule has 0 spiro atoms. The molecule has 4 rings (SSSR count). The first kappa shape index (κ1) is 37.6. The van der Waals surface area contributed by atoms with Crippen LogP contribution in [0.2, 0.25) is 0 Å². The number of aromatic nitrogens is 1. The van der Waals surface area contributed by atoms with Gasteiger partial charge in [0.25, 0.3) is 15.9 Å². The maximum absolute atomic E-state index is 14.3. The predicted molar refractivity (Wildman–Crippen MR) is 182 cm³/mol. The maximum atomic E-state index is 14.3. The molecule has 15 heteroatoms. The Morgan fingerprint density at radius 3 is 2.53 bits per heavy atom. The Morgan fingerprint density at radius 2 is 1.88 bits per heavy atom. The molecule has 3 aromatic rings. The van der Waals surface area contributed by atoms with Crippen molar-refractivity contribution in [2.24, 2.45) is 5.92 Å². The van der Waals surface area contributed by atoms with Crippen LogP contribution >= 0.6 is 0 Å². The van der Waals surface area contributed by atoms with E-state index in [2.05, 4.69) is 15.2 Å². The molecule has 3 N–H and O–H groups in total. The topological polar surface area (TPSA) is 164 Å². The lowest BCUT2D eigenvalue weighted by Gasteiger charge is -2.35. The van der Waals surface area contributed by atoms with Crippen molar-refractivity contribution in [1.29, 1.82) is 0 Å². The minimum Gasteiger partial charge on any atom is -0.490 e. The van der Waals surface area contributed by atoms with E-state index in [9.17, 15) is 27.5 Å². The minimum absolute atomic E-state index is 0.101.